The molecule has 0 bridgehead atoms. The lowest BCUT2D eigenvalue weighted by molar-refractivity contribution is 0.370. The average Bonchev–Trinajstić information content (AvgIpc) is 3.20. The minimum atomic E-state index is -3.71. The Labute approximate surface area is 206 Å². The molecule has 0 amide bonds. The van der Waals surface area contributed by atoms with E-state index in [-0.39, 0.29) is 29.7 Å². The van der Waals surface area contributed by atoms with Gasteiger partial charge in [-0.25, -0.2) is 12.4 Å². The summed E-state index contributed by atoms with van der Waals surface area (Å²) in [6, 6.07) is 20.3. The van der Waals surface area contributed by atoms with Crippen LogP contribution in [0.15, 0.2) is 90.1 Å². The SMILES string of the molecule is CN1CC=C(c2cn(S(=O)(=O)c3ccccc3)c3ccc(-c4ccccn4)cc23)CC1.Cl.Cl. The number of benzene rings is 2. The summed E-state index contributed by atoms with van der Waals surface area (Å²) in [4.78, 5) is 7.00. The number of halogens is 2. The molecule has 1 aliphatic heterocycles. The summed E-state index contributed by atoms with van der Waals surface area (Å²) in [5.74, 6) is 0. The number of pyridine rings is 1. The number of fused-ring (bicyclic) bond motifs is 1. The van der Waals surface area contributed by atoms with Crippen molar-refractivity contribution in [3.63, 3.8) is 0 Å². The van der Waals surface area contributed by atoms with E-state index in [1.54, 1.807) is 36.7 Å². The standard InChI is InChI=1S/C25H23N3O2S.2ClH/c1-27-15-12-19(13-16-27)23-18-28(31(29,30)21-7-3-2-4-8-21)25-11-10-20(17-22(23)25)24-9-5-6-14-26-24;;/h2-12,14,17-18H,13,15-16H2,1H3;2*1H. The van der Waals surface area contributed by atoms with Crippen LogP contribution in [0.25, 0.3) is 27.7 Å². The molecule has 0 N–H and O–H groups in total. The highest BCUT2D eigenvalue weighted by molar-refractivity contribution is 7.90. The molecule has 0 fully saturated rings. The average molecular weight is 502 g/mol. The summed E-state index contributed by atoms with van der Waals surface area (Å²) in [6.07, 6.45) is 6.64. The van der Waals surface area contributed by atoms with Gasteiger partial charge in [0.15, 0.2) is 0 Å². The summed E-state index contributed by atoms with van der Waals surface area (Å²) in [7, 11) is -1.62. The van der Waals surface area contributed by atoms with E-state index >= 15 is 0 Å². The molecule has 0 saturated heterocycles. The van der Waals surface area contributed by atoms with Gasteiger partial charge in [0.25, 0.3) is 10.0 Å². The zero-order valence-electron chi connectivity index (χ0n) is 18.1. The van der Waals surface area contributed by atoms with Crippen molar-refractivity contribution >= 4 is 51.3 Å². The number of nitrogens with zero attached hydrogens (tertiary/aromatic N) is 3. The molecule has 3 heterocycles. The number of rotatable bonds is 4. The first-order valence-corrected chi connectivity index (χ1v) is 11.7. The van der Waals surface area contributed by atoms with Gasteiger partial charge in [-0.3, -0.25) is 4.98 Å². The lowest BCUT2D eigenvalue weighted by Gasteiger charge is -2.21. The first kappa shape index (κ1) is 25.0. The lowest BCUT2D eigenvalue weighted by Crippen LogP contribution is -2.23. The van der Waals surface area contributed by atoms with Crippen LogP contribution in [0.4, 0.5) is 0 Å². The molecule has 0 atom stereocenters. The molecule has 172 valence electrons. The summed E-state index contributed by atoms with van der Waals surface area (Å²) in [5, 5.41) is 0.929. The van der Waals surface area contributed by atoms with Crippen molar-refractivity contribution in [3.8, 4) is 11.3 Å². The van der Waals surface area contributed by atoms with Crippen molar-refractivity contribution in [3.05, 3.63) is 90.8 Å². The highest BCUT2D eigenvalue weighted by Gasteiger charge is 2.23. The lowest BCUT2D eigenvalue weighted by atomic mass is 9.97. The van der Waals surface area contributed by atoms with Crippen molar-refractivity contribution < 1.29 is 8.42 Å². The van der Waals surface area contributed by atoms with E-state index in [4.69, 9.17) is 0 Å². The van der Waals surface area contributed by atoms with Crippen molar-refractivity contribution in [2.45, 2.75) is 11.3 Å². The van der Waals surface area contributed by atoms with E-state index < -0.39 is 10.0 Å². The van der Waals surface area contributed by atoms with Gasteiger partial charge in [0.2, 0.25) is 0 Å². The van der Waals surface area contributed by atoms with Gasteiger partial charge in [-0.15, -0.1) is 24.8 Å². The van der Waals surface area contributed by atoms with Crippen LogP contribution < -0.4 is 0 Å². The maximum atomic E-state index is 13.5. The predicted octanol–water partition coefficient (Wildman–Crippen LogP) is 5.50. The molecule has 1 aliphatic rings. The molecule has 2 aromatic carbocycles. The van der Waals surface area contributed by atoms with Gasteiger partial charge in [0.1, 0.15) is 0 Å². The highest BCUT2D eigenvalue weighted by atomic mass is 35.5. The molecule has 2 aromatic heterocycles. The maximum absolute atomic E-state index is 13.5. The second kappa shape index (κ2) is 10.1. The Morgan fingerprint density at radius 2 is 1.70 bits per heavy atom. The monoisotopic (exact) mass is 501 g/mol. The Morgan fingerprint density at radius 1 is 0.939 bits per heavy atom. The van der Waals surface area contributed by atoms with Crippen molar-refractivity contribution in [2.75, 3.05) is 20.1 Å². The predicted molar refractivity (Wildman–Crippen MR) is 139 cm³/mol. The van der Waals surface area contributed by atoms with E-state index in [2.05, 4.69) is 29.1 Å². The molecule has 0 unspecified atom stereocenters. The largest absolute Gasteiger partial charge is 0.302 e. The maximum Gasteiger partial charge on any atom is 0.268 e. The number of hydrogen-bond acceptors (Lipinski definition) is 4. The Bertz CT molecular complexity index is 1390. The van der Waals surface area contributed by atoms with Crippen LogP contribution in [0, 0.1) is 0 Å². The smallest absolute Gasteiger partial charge is 0.268 e. The van der Waals surface area contributed by atoms with E-state index in [1.165, 1.54) is 9.55 Å². The fourth-order valence-corrected chi connectivity index (χ4v) is 5.46. The minimum absolute atomic E-state index is 0. The molecule has 8 heteroatoms. The van der Waals surface area contributed by atoms with Crippen LogP contribution in [-0.2, 0) is 10.0 Å². The van der Waals surface area contributed by atoms with Crippen LogP contribution in [-0.4, -0.2) is 42.4 Å². The zero-order chi connectivity index (χ0) is 21.4. The first-order valence-electron chi connectivity index (χ1n) is 10.3. The minimum Gasteiger partial charge on any atom is -0.302 e. The van der Waals surface area contributed by atoms with Gasteiger partial charge < -0.3 is 4.90 Å². The Hall–Kier alpha value is -2.64. The fraction of sp³-hybridized carbons (Fsp3) is 0.160. The van der Waals surface area contributed by atoms with Crippen LogP contribution >= 0.6 is 24.8 Å². The van der Waals surface area contributed by atoms with Gasteiger partial charge >= 0.3 is 0 Å². The number of likely N-dealkylation sites (N-methyl/N-ethyl adjacent to an activating group) is 1. The molecule has 5 rings (SSSR count). The van der Waals surface area contributed by atoms with Crippen LogP contribution in [0.3, 0.4) is 0 Å². The van der Waals surface area contributed by atoms with E-state index in [0.29, 0.717) is 5.52 Å². The zero-order valence-corrected chi connectivity index (χ0v) is 20.5. The summed E-state index contributed by atoms with van der Waals surface area (Å²) >= 11 is 0. The van der Waals surface area contributed by atoms with Gasteiger partial charge in [-0.1, -0.05) is 36.4 Å². The highest BCUT2D eigenvalue weighted by Crippen LogP contribution is 2.35. The Balaban J connectivity index is 0.00000153. The first-order chi connectivity index (χ1) is 15.0. The topological polar surface area (TPSA) is 55.2 Å². The second-order valence-corrected chi connectivity index (χ2v) is 9.66. The summed E-state index contributed by atoms with van der Waals surface area (Å²) in [6.45, 7) is 1.80. The molecule has 0 radical (unpaired) electrons. The number of aromatic nitrogens is 2. The quantitative estimate of drug-likeness (QED) is 0.370. The fourth-order valence-electron chi connectivity index (χ4n) is 4.07. The van der Waals surface area contributed by atoms with Gasteiger partial charge in [0.05, 0.1) is 16.1 Å². The molecule has 0 aliphatic carbocycles. The van der Waals surface area contributed by atoms with Crippen molar-refractivity contribution in [1.29, 1.82) is 0 Å². The van der Waals surface area contributed by atoms with Crippen LogP contribution in [0.5, 0.6) is 0 Å². The molecule has 33 heavy (non-hydrogen) atoms. The third-order valence-electron chi connectivity index (χ3n) is 5.79. The molecular formula is C25H25Cl2N3O2S. The summed E-state index contributed by atoms with van der Waals surface area (Å²) in [5.41, 5.74) is 4.67. The molecule has 0 spiro atoms. The van der Waals surface area contributed by atoms with Crippen LogP contribution in [0.2, 0.25) is 0 Å². The summed E-state index contributed by atoms with van der Waals surface area (Å²) < 4.78 is 28.4. The van der Waals surface area contributed by atoms with Crippen molar-refractivity contribution in [1.82, 2.24) is 13.9 Å². The molecular weight excluding hydrogens is 477 g/mol. The third kappa shape index (κ3) is 4.70. The third-order valence-corrected chi connectivity index (χ3v) is 7.48. The Morgan fingerprint density at radius 3 is 2.36 bits per heavy atom. The number of hydrogen-bond donors (Lipinski definition) is 0. The molecule has 4 aromatic rings. The van der Waals surface area contributed by atoms with Crippen LogP contribution in [0.1, 0.15) is 12.0 Å². The van der Waals surface area contributed by atoms with E-state index in [9.17, 15) is 8.42 Å². The van der Waals surface area contributed by atoms with Gasteiger partial charge in [-0.2, -0.15) is 0 Å². The molecule has 0 saturated carbocycles. The Kier molecular flexibility index (Phi) is 7.65. The van der Waals surface area contributed by atoms with E-state index in [1.807, 2.05) is 36.4 Å². The van der Waals surface area contributed by atoms with Crippen molar-refractivity contribution in [2.24, 2.45) is 0 Å². The normalized spacial score (nSPS) is 14.3. The molecule has 5 nitrogen and oxygen atoms in total. The van der Waals surface area contributed by atoms with Gasteiger partial charge in [0, 0.05) is 42.0 Å². The van der Waals surface area contributed by atoms with Gasteiger partial charge in [-0.05, 0) is 55.4 Å². The van der Waals surface area contributed by atoms with E-state index in [0.717, 1.165) is 41.7 Å². The second-order valence-electron chi connectivity index (χ2n) is 7.85.